The molecule has 0 atom stereocenters. The number of nitrogens with zero attached hydrogens (tertiary/aromatic N) is 1. The van der Waals surface area contributed by atoms with Gasteiger partial charge in [0.25, 0.3) is 11.8 Å². The maximum atomic E-state index is 12.5. The maximum absolute atomic E-state index is 12.5. The van der Waals surface area contributed by atoms with Crippen LogP contribution in [-0.4, -0.2) is 57.5 Å². The number of hydrogen-bond acceptors (Lipinski definition) is 5. The number of hydrogen-bond donors (Lipinski definition) is 2. The van der Waals surface area contributed by atoms with Crippen LogP contribution < -0.4 is 20.1 Å². The molecule has 0 unspecified atom stereocenters. The van der Waals surface area contributed by atoms with Crippen molar-refractivity contribution >= 4 is 35.0 Å². The molecule has 2 aromatic carbocycles. The lowest BCUT2D eigenvalue weighted by molar-refractivity contribution is -0.116. The van der Waals surface area contributed by atoms with Gasteiger partial charge in [0.15, 0.2) is 11.5 Å². The summed E-state index contributed by atoms with van der Waals surface area (Å²) in [4.78, 5) is 38.4. The van der Waals surface area contributed by atoms with E-state index in [1.807, 2.05) is 0 Å². The van der Waals surface area contributed by atoms with Gasteiger partial charge in [-0.05, 0) is 30.3 Å². The molecule has 2 rings (SSSR count). The summed E-state index contributed by atoms with van der Waals surface area (Å²) in [7, 11) is 6.14. The van der Waals surface area contributed by atoms with Gasteiger partial charge in [0.1, 0.15) is 0 Å². The minimum absolute atomic E-state index is 0.0171. The SMILES string of the molecule is COc1cc(NC(=O)CCNC(=O)c2ccc(Cl)cc2)c(C(=O)N(C)C)cc1OC. The van der Waals surface area contributed by atoms with Crippen LogP contribution >= 0.6 is 11.6 Å². The summed E-state index contributed by atoms with van der Waals surface area (Å²) in [5, 5.41) is 5.90. The van der Waals surface area contributed by atoms with E-state index in [1.54, 1.807) is 38.4 Å². The lowest BCUT2D eigenvalue weighted by atomic mass is 10.1. The van der Waals surface area contributed by atoms with Crippen LogP contribution in [0.5, 0.6) is 11.5 Å². The molecule has 0 aliphatic carbocycles. The van der Waals surface area contributed by atoms with Crippen LogP contribution in [0.2, 0.25) is 5.02 Å². The van der Waals surface area contributed by atoms with Crippen LogP contribution in [-0.2, 0) is 4.79 Å². The predicted molar refractivity (Wildman–Crippen MR) is 115 cm³/mol. The fraction of sp³-hybridized carbons (Fsp3) is 0.286. The third kappa shape index (κ3) is 5.87. The molecule has 160 valence electrons. The van der Waals surface area contributed by atoms with Crippen molar-refractivity contribution in [3.05, 3.63) is 52.5 Å². The van der Waals surface area contributed by atoms with E-state index in [1.165, 1.54) is 31.3 Å². The molecule has 2 N–H and O–H groups in total. The first kappa shape index (κ1) is 23.0. The van der Waals surface area contributed by atoms with Gasteiger partial charge in [-0.15, -0.1) is 0 Å². The van der Waals surface area contributed by atoms with Crippen LogP contribution in [0, 0.1) is 0 Å². The monoisotopic (exact) mass is 433 g/mol. The normalized spacial score (nSPS) is 10.2. The van der Waals surface area contributed by atoms with Crippen LogP contribution in [0.3, 0.4) is 0 Å². The third-order valence-corrected chi connectivity index (χ3v) is 4.43. The third-order valence-electron chi connectivity index (χ3n) is 4.18. The van der Waals surface area contributed by atoms with Crippen LogP contribution in [0.4, 0.5) is 5.69 Å². The number of nitrogens with one attached hydrogen (secondary N) is 2. The van der Waals surface area contributed by atoms with Crippen molar-refractivity contribution < 1.29 is 23.9 Å². The van der Waals surface area contributed by atoms with Gasteiger partial charge >= 0.3 is 0 Å². The van der Waals surface area contributed by atoms with Crippen molar-refractivity contribution in [3.8, 4) is 11.5 Å². The van der Waals surface area contributed by atoms with Crippen molar-refractivity contribution in [2.75, 3.05) is 40.2 Å². The Morgan fingerprint density at radius 1 is 1.00 bits per heavy atom. The molecule has 9 heteroatoms. The van der Waals surface area contributed by atoms with Gasteiger partial charge in [-0.2, -0.15) is 0 Å². The van der Waals surface area contributed by atoms with Gasteiger partial charge in [0.2, 0.25) is 5.91 Å². The first-order valence-electron chi connectivity index (χ1n) is 9.08. The lowest BCUT2D eigenvalue weighted by Crippen LogP contribution is -2.28. The highest BCUT2D eigenvalue weighted by atomic mass is 35.5. The number of halogens is 1. The van der Waals surface area contributed by atoms with Gasteiger partial charge in [0, 0.05) is 43.7 Å². The molecule has 0 aliphatic heterocycles. The van der Waals surface area contributed by atoms with Gasteiger partial charge in [-0.3, -0.25) is 14.4 Å². The molecular formula is C21H24ClN3O5. The molecule has 8 nitrogen and oxygen atoms in total. The fourth-order valence-electron chi connectivity index (χ4n) is 2.61. The van der Waals surface area contributed by atoms with E-state index >= 15 is 0 Å². The zero-order chi connectivity index (χ0) is 22.3. The van der Waals surface area contributed by atoms with E-state index in [9.17, 15) is 14.4 Å². The summed E-state index contributed by atoms with van der Waals surface area (Å²) < 4.78 is 10.5. The van der Waals surface area contributed by atoms with E-state index in [2.05, 4.69) is 10.6 Å². The molecule has 0 saturated heterocycles. The minimum atomic E-state index is -0.369. The highest BCUT2D eigenvalue weighted by Gasteiger charge is 2.20. The Hall–Kier alpha value is -3.26. The lowest BCUT2D eigenvalue weighted by Gasteiger charge is -2.18. The molecule has 0 bridgehead atoms. The number of benzene rings is 2. The number of carbonyl (C=O) groups is 3. The Morgan fingerprint density at radius 2 is 1.60 bits per heavy atom. The Morgan fingerprint density at radius 3 is 2.17 bits per heavy atom. The molecule has 0 radical (unpaired) electrons. The second-order valence-electron chi connectivity index (χ2n) is 6.51. The molecular weight excluding hydrogens is 410 g/mol. The summed E-state index contributed by atoms with van der Waals surface area (Å²) in [6, 6.07) is 9.47. The fourth-order valence-corrected chi connectivity index (χ4v) is 2.73. The first-order valence-corrected chi connectivity index (χ1v) is 9.46. The number of rotatable bonds is 8. The predicted octanol–water partition coefficient (Wildman–Crippen LogP) is 2.82. The standard InChI is InChI=1S/C21H24ClN3O5/c1-25(2)21(28)15-11-17(29-3)18(30-4)12-16(15)24-19(26)9-10-23-20(27)13-5-7-14(22)8-6-13/h5-8,11-12H,9-10H2,1-4H3,(H,23,27)(H,24,26). The first-order chi connectivity index (χ1) is 14.3. The van der Waals surface area contributed by atoms with E-state index in [0.29, 0.717) is 27.8 Å². The Bertz CT molecular complexity index is 929. The highest BCUT2D eigenvalue weighted by Crippen LogP contribution is 2.34. The molecule has 0 spiro atoms. The van der Waals surface area contributed by atoms with Gasteiger partial charge in [-0.25, -0.2) is 0 Å². The molecule has 0 heterocycles. The molecule has 0 saturated carbocycles. The molecule has 0 aliphatic rings. The highest BCUT2D eigenvalue weighted by molar-refractivity contribution is 6.30. The van der Waals surface area contributed by atoms with Gasteiger partial charge in [-0.1, -0.05) is 11.6 Å². The summed E-state index contributed by atoms with van der Waals surface area (Å²) in [6.45, 7) is 0.123. The maximum Gasteiger partial charge on any atom is 0.255 e. The van der Waals surface area contributed by atoms with E-state index in [0.717, 1.165) is 0 Å². The molecule has 3 amide bonds. The summed E-state index contributed by atoms with van der Waals surface area (Å²) >= 11 is 5.81. The van der Waals surface area contributed by atoms with Crippen LogP contribution in [0.15, 0.2) is 36.4 Å². The average molecular weight is 434 g/mol. The number of carbonyl (C=O) groups excluding carboxylic acids is 3. The van der Waals surface area contributed by atoms with Crippen molar-refractivity contribution in [2.24, 2.45) is 0 Å². The largest absolute Gasteiger partial charge is 0.493 e. The Balaban J connectivity index is 2.06. The van der Waals surface area contributed by atoms with Gasteiger partial charge < -0.3 is 25.0 Å². The van der Waals surface area contributed by atoms with Crippen LogP contribution in [0.1, 0.15) is 27.1 Å². The van der Waals surface area contributed by atoms with Crippen LogP contribution in [0.25, 0.3) is 0 Å². The zero-order valence-corrected chi connectivity index (χ0v) is 18.0. The van der Waals surface area contributed by atoms with Crippen molar-refractivity contribution in [1.29, 1.82) is 0 Å². The molecule has 30 heavy (non-hydrogen) atoms. The van der Waals surface area contributed by atoms with E-state index in [-0.39, 0.29) is 36.3 Å². The number of ether oxygens (including phenoxy) is 2. The Kier molecular flexibility index (Phi) is 8.06. The minimum Gasteiger partial charge on any atom is -0.493 e. The summed E-state index contributed by atoms with van der Waals surface area (Å²) in [5.41, 5.74) is 0.996. The topological polar surface area (TPSA) is 97.0 Å². The quantitative estimate of drug-likeness (QED) is 0.667. The Labute approximate surface area is 180 Å². The zero-order valence-electron chi connectivity index (χ0n) is 17.2. The number of anilines is 1. The van der Waals surface area contributed by atoms with Gasteiger partial charge in [0.05, 0.1) is 25.5 Å². The smallest absolute Gasteiger partial charge is 0.255 e. The van der Waals surface area contributed by atoms with Crippen molar-refractivity contribution in [2.45, 2.75) is 6.42 Å². The number of amides is 3. The van der Waals surface area contributed by atoms with Crippen molar-refractivity contribution in [3.63, 3.8) is 0 Å². The molecule has 0 fully saturated rings. The molecule has 0 aromatic heterocycles. The second-order valence-corrected chi connectivity index (χ2v) is 6.95. The molecule has 2 aromatic rings. The van der Waals surface area contributed by atoms with Crippen molar-refractivity contribution in [1.82, 2.24) is 10.2 Å². The average Bonchev–Trinajstić information content (AvgIpc) is 2.73. The number of methoxy groups -OCH3 is 2. The van der Waals surface area contributed by atoms with E-state index < -0.39 is 0 Å². The second kappa shape index (κ2) is 10.5. The van der Waals surface area contributed by atoms with E-state index in [4.69, 9.17) is 21.1 Å². The summed E-state index contributed by atoms with van der Waals surface area (Å²) in [6.07, 6.45) is 0.0171. The summed E-state index contributed by atoms with van der Waals surface area (Å²) in [5.74, 6) is -0.238.